The second-order valence-electron chi connectivity index (χ2n) is 12.1. The minimum absolute atomic E-state index is 0.00572. The van der Waals surface area contributed by atoms with E-state index in [9.17, 15) is 5.11 Å². The van der Waals surface area contributed by atoms with Crippen molar-refractivity contribution in [2.75, 3.05) is 44.2 Å². The van der Waals surface area contributed by atoms with E-state index in [2.05, 4.69) is 31.0 Å². The highest BCUT2D eigenvalue weighted by molar-refractivity contribution is 6.02. The van der Waals surface area contributed by atoms with Crippen molar-refractivity contribution in [1.29, 1.82) is 0 Å². The SMILES string of the molecule is C#Cc1cccc2cc(O)cc(-c3ncc4c(N5CC6(CCN6)C5)nc(OCC56CCCN5CCC6)nc4c3F)c12. The molecule has 0 radical (unpaired) electrons. The van der Waals surface area contributed by atoms with Gasteiger partial charge in [-0.15, -0.1) is 6.42 Å². The maximum atomic E-state index is 16.6. The van der Waals surface area contributed by atoms with E-state index in [4.69, 9.17) is 16.1 Å². The van der Waals surface area contributed by atoms with Crippen LogP contribution in [-0.2, 0) is 0 Å². The third kappa shape index (κ3) is 3.77. The quantitative estimate of drug-likeness (QED) is 0.357. The first-order valence-electron chi connectivity index (χ1n) is 14.4. The number of aromatic nitrogens is 3. The minimum atomic E-state index is -0.590. The number of phenols is 1. The molecule has 208 valence electrons. The number of rotatable bonds is 5. The van der Waals surface area contributed by atoms with E-state index in [1.807, 2.05) is 12.1 Å². The summed E-state index contributed by atoms with van der Waals surface area (Å²) in [5.41, 5.74) is 1.38. The summed E-state index contributed by atoms with van der Waals surface area (Å²) in [5, 5.41) is 15.9. The molecule has 8 rings (SSSR count). The van der Waals surface area contributed by atoms with Gasteiger partial charge in [-0.25, -0.2) is 4.39 Å². The number of nitrogens with one attached hydrogen (secondary N) is 1. The largest absolute Gasteiger partial charge is 0.508 e. The zero-order chi connectivity index (χ0) is 27.8. The molecule has 0 bridgehead atoms. The zero-order valence-corrected chi connectivity index (χ0v) is 22.8. The standard InChI is InChI=1S/C32H31FN6O2/c1-2-20-6-3-7-21-14-22(40)15-23(25(20)21)27-26(33)28-24(16-34-27)29(38-17-31(18-38)10-11-35-31)37-30(36-28)41-19-32-8-4-12-39(32)13-5-9-32/h1,3,6-7,14-16,35,40H,4-5,8-13,17-19H2. The van der Waals surface area contributed by atoms with Gasteiger partial charge in [-0.05, 0) is 75.3 Å². The van der Waals surface area contributed by atoms with E-state index in [0.717, 1.165) is 64.8 Å². The average Bonchev–Trinajstić information content (AvgIpc) is 3.50. The normalized spacial score (nSPS) is 20.6. The number of hydrogen-bond acceptors (Lipinski definition) is 8. The number of anilines is 1. The van der Waals surface area contributed by atoms with Crippen LogP contribution in [0.3, 0.4) is 0 Å². The zero-order valence-electron chi connectivity index (χ0n) is 22.8. The summed E-state index contributed by atoms with van der Waals surface area (Å²) in [5.74, 6) is 2.74. The van der Waals surface area contributed by atoms with Gasteiger partial charge in [0.25, 0.3) is 0 Å². The van der Waals surface area contributed by atoms with Crippen LogP contribution in [-0.4, -0.2) is 75.4 Å². The second-order valence-corrected chi connectivity index (χ2v) is 12.1. The predicted molar refractivity (Wildman–Crippen MR) is 156 cm³/mol. The Bertz CT molecular complexity index is 1750. The lowest BCUT2D eigenvalue weighted by Gasteiger charge is -2.57. The van der Waals surface area contributed by atoms with Gasteiger partial charge in [0.15, 0.2) is 5.82 Å². The number of halogens is 1. The number of aromatic hydroxyl groups is 1. The molecular weight excluding hydrogens is 519 g/mol. The number of phenolic OH excluding ortho intramolecular Hbond substituents is 1. The fourth-order valence-electron chi connectivity index (χ4n) is 7.48. The van der Waals surface area contributed by atoms with Crippen molar-refractivity contribution in [2.24, 2.45) is 0 Å². The fourth-order valence-corrected chi connectivity index (χ4v) is 7.48. The van der Waals surface area contributed by atoms with Gasteiger partial charge >= 0.3 is 6.01 Å². The van der Waals surface area contributed by atoms with Crippen LogP contribution in [0.1, 0.15) is 37.7 Å². The molecular formula is C32H31FN6O2. The fraction of sp³-hybridized carbons (Fsp3) is 0.406. The highest BCUT2D eigenvalue weighted by Gasteiger charge is 2.48. The van der Waals surface area contributed by atoms with E-state index >= 15 is 4.39 Å². The number of ether oxygens (including phenoxy) is 1. The predicted octanol–water partition coefficient (Wildman–Crippen LogP) is 4.23. The van der Waals surface area contributed by atoms with E-state index in [0.29, 0.717) is 39.7 Å². The lowest BCUT2D eigenvalue weighted by atomic mass is 9.80. The molecule has 4 aliphatic heterocycles. The summed E-state index contributed by atoms with van der Waals surface area (Å²) in [6.07, 6.45) is 13.1. The lowest BCUT2D eigenvalue weighted by Crippen LogP contribution is -2.76. The van der Waals surface area contributed by atoms with E-state index < -0.39 is 5.82 Å². The van der Waals surface area contributed by atoms with Crippen molar-refractivity contribution in [3.05, 3.63) is 47.9 Å². The van der Waals surface area contributed by atoms with Crippen LogP contribution in [0.5, 0.6) is 11.8 Å². The van der Waals surface area contributed by atoms with Crippen LogP contribution in [0.25, 0.3) is 32.9 Å². The molecule has 0 atom stereocenters. The molecule has 6 heterocycles. The van der Waals surface area contributed by atoms with E-state index in [-0.39, 0.29) is 34.0 Å². The molecule has 4 fully saturated rings. The molecule has 2 N–H and O–H groups in total. The molecule has 4 saturated heterocycles. The van der Waals surface area contributed by atoms with Crippen LogP contribution in [0, 0.1) is 18.2 Å². The van der Waals surface area contributed by atoms with Gasteiger partial charge in [0.2, 0.25) is 0 Å². The summed E-state index contributed by atoms with van der Waals surface area (Å²) in [6.45, 7) is 5.28. The third-order valence-electron chi connectivity index (χ3n) is 9.69. The highest BCUT2D eigenvalue weighted by atomic mass is 19.1. The first-order valence-corrected chi connectivity index (χ1v) is 14.4. The molecule has 8 nitrogen and oxygen atoms in total. The molecule has 2 aromatic heterocycles. The molecule has 0 amide bonds. The van der Waals surface area contributed by atoms with Gasteiger partial charge in [-0.1, -0.05) is 18.1 Å². The van der Waals surface area contributed by atoms with Gasteiger partial charge in [0.1, 0.15) is 29.4 Å². The maximum Gasteiger partial charge on any atom is 0.319 e. The van der Waals surface area contributed by atoms with Gasteiger partial charge in [0, 0.05) is 35.8 Å². The Kier molecular flexibility index (Phi) is 5.44. The van der Waals surface area contributed by atoms with Crippen LogP contribution in [0.4, 0.5) is 10.2 Å². The van der Waals surface area contributed by atoms with Gasteiger partial charge < -0.3 is 20.1 Å². The number of terminal acetylenes is 1. The Morgan fingerprint density at radius 2 is 1.93 bits per heavy atom. The smallest absolute Gasteiger partial charge is 0.319 e. The van der Waals surface area contributed by atoms with Gasteiger partial charge in [-0.2, -0.15) is 9.97 Å². The summed E-state index contributed by atoms with van der Waals surface area (Å²) in [7, 11) is 0. The van der Waals surface area contributed by atoms with E-state index in [1.165, 1.54) is 6.07 Å². The van der Waals surface area contributed by atoms with Crippen molar-refractivity contribution >= 4 is 27.5 Å². The first kappa shape index (κ1) is 24.8. The van der Waals surface area contributed by atoms with Crippen LogP contribution in [0.2, 0.25) is 0 Å². The number of hydrogen-bond donors (Lipinski definition) is 2. The van der Waals surface area contributed by atoms with Crippen LogP contribution in [0.15, 0.2) is 36.5 Å². The molecule has 4 aromatic rings. The maximum absolute atomic E-state index is 16.6. The molecule has 4 aliphatic rings. The Balaban J connectivity index is 1.26. The second kappa shape index (κ2) is 9.00. The van der Waals surface area contributed by atoms with Gasteiger partial charge in [-0.3, -0.25) is 9.88 Å². The van der Waals surface area contributed by atoms with Crippen molar-refractivity contribution in [2.45, 2.75) is 43.2 Å². The van der Waals surface area contributed by atoms with Crippen LogP contribution < -0.4 is 15.0 Å². The number of fused-ring (bicyclic) bond motifs is 3. The molecule has 41 heavy (non-hydrogen) atoms. The first-order chi connectivity index (χ1) is 20.0. The summed E-state index contributed by atoms with van der Waals surface area (Å²) < 4.78 is 22.9. The molecule has 9 heteroatoms. The lowest BCUT2D eigenvalue weighted by molar-refractivity contribution is 0.107. The van der Waals surface area contributed by atoms with Crippen molar-refractivity contribution in [3.8, 4) is 35.4 Å². The molecule has 0 aliphatic carbocycles. The number of nitrogens with zero attached hydrogens (tertiary/aromatic N) is 5. The summed E-state index contributed by atoms with van der Waals surface area (Å²) in [6, 6.07) is 8.78. The molecule has 0 saturated carbocycles. The topological polar surface area (TPSA) is 86.6 Å². The average molecular weight is 551 g/mol. The molecule has 2 aromatic carbocycles. The Labute approximate surface area is 237 Å². The third-order valence-corrected chi connectivity index (χ3v) is 9.69. The Hall–Kier alpha value is -4.00. The number of pyridine rings is 1. The number of benzene rings is 2. The van der Waals surface area contributed by atoms with Crippen molar-refractivity contribution < 1.29 is 14.2 Å². The monoisotopic (exact) mass is 550 g/mol. The highest BCUT2D eigenvalue weighted by Crippen LogP contribution is 2.42. The minimum Gasteiger partial charge on any atom is -0.508 e. The van der Waals surface area contributed by atoms with E-state index in [1.54, 1.807) is 18.3 Å². The summed E-state index contributed by atoms with van der Waals surface area (Å²) >= 11 is 0. The molecule has 1 spiro atoms. The Morgan fingerprint density at radius 3 is 2.66 bits per heavy atom. The molecule has 0 unspecified atom stereocenters. The van der Waals surface area contributed by atoms with Crippen molar-refractivity contribution in [1.82, 2.24) is 25.2 Å². The van der Waals surface area contributed by atoms with Gasteiger partial charge in [0.05, 0.1) is 16.5 Å². The Morgan fingerprint density at radius 1 is 1.12 bits per heavy atom. The van der Waals surface area contributed by atoms with Crippen molar-refractivity contribution in [3.63, 3.8) is 0 Å². The summed E-state index contributed by atoms with van der Waals surface area (Å²) in [4.78, 5) is 18.7. The van der Waals surface area contributed by atoms with Crippen LogP contribution >= 0.6 is 0 Å².